The van der Waals surface area contributed by atoms with Gasteiger partial charge in [0, 0.05) is 24.2 Å². The summed E-state index contributed by atoms with van der Waals surface area (Å²) in [6, 6.07) is 6.99. The van der Waals surface area contributed by atoms with Gasteiger partial charge in [-0.05, 0) is 43.2 Å². The van der Waals surface area contributed by atoms with Crippen molar-refractivity contribution in [3.8, 4) is 11.1 Å². The van der Waals surface area contributed by atoms with E-state index in [0.717, 1.165) is 16.7 Å². The van der Waals surface area contributed by atoms with Gasteiger partial charge in [-0.15, -0.1) is 0 Å². The highest BCUT2D eigenvalue weighted by atomic mass is 32.2. The molecule has 0 aliphatic carbocycles. The first-order chi connectivity index (χ1) is 11.8. The Bertz CT molecular complexity index is 868. The van der Waals surface area contributed by atoms with E-state index in [4.69, 9.17) is 0 Å². The van der Waals surface area contributed by atoms with Crippen LogP contribution in [0.25, 0.3) is 11.1 Å². The second kappa shape index (κ2) is 6.68. The van der Waals surface area contributed by atoms with Gasteiger partial charge in [-0.2, -0.15) is 0 Å². The van der Waals surface area contributed by atoms with E-state index >= 15 is 0 Å². The van der Waals surface area contributed by atoms with Gasteiger partial charge in [0.15, 0.2) is 0 Å². The van der Waals surface area contributed by atoms with Crippen LogP contribution < -0.4 is 10.0 Å². The van der Waals surface area contributed by atoms with Crippen molar-refractivity contribution in [2.45, 2.75) is 43.7 Å². The summed E-state index contributed by atoms with van der Waals surface area (Å²) in [5, 5.41) is 2.73. The number of rotatable bonds is 5. The summed E-state index contributed by atoms with van der Waals surface area (Å²) in [7, 11) is -3.56. The topological polar surface area (TPSA) is 71.1 Å². The molecule has 1 aromatic heterocycles. The molecule has 1 atom stereocenters. The average Bonchev–Trinajstić information content (AvgIpc) is 2.98. The average molecular weight is 367 g/mol. The van der Waals surface area contributed by atoms with Crippen LogP contribution in [0.4, 0.5) is 14.6 Å². The SMILES string of the molecule is CC(C)NS(=O)(=O)c1ccc(-c2ccnc3c2CC(C(F)F)N3)cc1. The van der Waals surface area contributed by atoms with Gasteiger partial charge in [-0.25, -0.2) is 26.9 Å². The molecule has 0 fully saturated rings. The fourth-order valence-corrected chi connectivity index (χ4v) is 4.14. The first-order valence-electron chi connectivity index (χ1n) is 7.93. The molecule has 2 heterocycles. The Morgan fingerprint density at radius 3 is 2.48 bits per heavy atom. The molecule has 0 saturated heterocycles. The van der Waals surface area contributed by atoms with E-state index in [0.29, 0.717) is 5.82 Å². The van der Waals surface area contributed by atoms with Crippen molar-refractivity contribution in [1.29, 1.82) is 0 Å². The van der Waals surface area contributed by atoms with Gasteiger partial charge in [0.05, 0.1) is 10.9 Å². The standard InChI is InChI=1S/C17H19F2N3O2S/c1-10(2)22-25(23,24)12-5-3-11(4-6-12)13-7-8-20-17-14(13)9-15(21-17)16(18)19/h3-8,10,15-16,22H,9H2,1-2H3,(H,20,21). The van der Waals surface area contributed by atoms with E-state index in [1.54, 1.807) is 38.2 Å². The molecule has 1 unspecified atom stereocenters. The number of aromatic nitrogens is 1. The summed E-state index contributed by atoms with van der Waals surface area (Å²) >= 11 is 0. The molecular weight excluding hydrogens is 348 g/mol. The van der Waals surface area contributed by atoms with E-state index in [1.807, 2.05) is 0 Å². The molecule has 0 spiro atoms. The highest BCUT2D eigenvalue weighted by molar-refractivity contribution is 7.89. The van der Waals surface area contributed by atoms with E-state index in [1.165, 1.54) is 12.1 Å². The Hall–Kier alpha value is -2.06. The number of hydrogen-bond donors (Lipinski definition) is 2. The third-order valence-electron chi connectivity index (χ3n) is 3.97. The molecule has 1 aromatic carbocycles. The van der Waals surface area contributed by atoms with E-state index in [-0.39, 0.29) is 17.4 Å². The number of anilines is 1. The molecule has 8 heteroatoms. The fraction of sp³-hybridized carbons (Fsp3) is 0.353. The normalized spacial score (nSPS) is 17.0. The molecule has 2 aromatic rings. The van der Waals surface area contributed by atoms with Crippen LogP contribution in [0.5, 0.6) is 0 Å². The van der Waals surface area contributed by atoms with Crippen LogP contribution in [0, 0.1) is 0 Å². The summed E-state index contributed by atoms with van der Waals surface area (Å²) in [5.74, 6) is 0.459. The smallest absolute Gasteiger partial charge is 0.258 e. The third kappa shape index (κ3) is 3.64. The van der Waals surface area contributed by atoms with Gasteiger partial charge in [0.25, 0.3) is 6.43 Å². The summed E-state index contributed by atoms with van der Waals surface area (Å²) in [6.07, 6.45) is -0.734. The van der Waals surface area contributed by atoms with Crippen molar-refractivity contribution in [3.05, 3.63) is 42.1 Å². The van der Waals surface area contributed by atoms with Crippen molar-refractivity contribution in [1.82, 2.24) is 9.71 Å². The van der Waals surface area contributed by atoms with Crippen molar-refractivity contribution in [2.75, 3.05) is 5.32 Å². The molecule has 1 aliphatic rings. The van der Waals surface area contributed by atoms with Crippen molar-refractivity contribution >= 4 is 15.8 Å². The first-order valence-corrected chi connectivity index (χ1v) is 9.41. The van der Waals surface area contributed by atoms with E-state index in [2.05, 4.69) is 15.0 Å². The zero-order chi connectivity index (χ0) is 18.2. The lowest BCUT2D eigenvalue weighted by atomic mass is 9.99. The number of nitrogens with zero attached hydrogens (tertiary/aromatic N) is 1. The predicted molar refractivity (Wildman–Crippen MR) is 92.2 cm³/mol. The number of hydrogen-bond acceptors (Lipinski definition) is 4. The Labute approximate surface area is 145 Å². The van der Waals surface area contributed by atoms with Gasteiger partial charge in [-0.1, -0.05) is 12.1 Å². The van der Waals surface area contributed by atoms with Crippen LogP contribution in [0.15, 0.2) is 41.4 Å². The molecule has 5 nitrogen and oxygen atoms in total. The molecule has 0 radical (unpaired) electrons. The zero-order valence-electron chi connectivity index (χ0n) is 13.8. The number of benzene rings is 1. The van der Waals surface area contributed by atoms with Gasteiger partial charge < -0.3 is 5.32 Å². The van der Waals surface area contributed by atoms with E-state index in [9.17, 15) is 17.2 Å². The minimum Gasteiger partial charge on any atom is -0.361 e. The predicted octanol–water partition coefficient (Wildman–Crippen LogP) is 3.04. The lowest BCUT2D eigenvalue weighted by molar-refractivity contribution is 0.126. The maximum absolute atomic E-state index is 13.0. The Kier molecular flexibility index (Phi) is 4.75. The van der Waals surface area contributed by atoms with Crippen LogP contribution in [-0.2, 0) is 16.4 Å². The summed E-state index contributed by atoms with van der Waals surface area (Å²) < 4.78 is 52.8. The zero-order valence-corrected chi connectivity index (χ0v) is 14.6. The number of alkyl halides is 2. The third-order valence-corrected chi connectivity index (χ3v) is 5.65. The van der Waals surface area contributed by atoms with Crippen molar-refractivity contribution in [2.24, 2.45) is 0 Å². The maximum atomic E-state index is 13.0. The second-order valence-electron chi connectivity index (χ2n) is 6.28. The maximum Gasteiger partial charge on any atom is 0.258 e. The minimum atomic E-state index is -3.56. The summed E-state index contributed by atoms with van der Waals surface area (Å²) in [5.41, 5.74) is 2.27. The molecule has 25 heavy (non-hydrogen) atoms. The first kappa shape index (κ1) is 17.8. The molecule has 0 amide bonds. The van der Waals surface area contributed by atoms with Crippen LogP contribution in [0.2, 0.25) is 0 Å². The molecule has 3 rings (SSSR count). The highest BCUT2D eigenvalue weighted by Gasteiger charge is 2.30. The Morgan fingerprint density at radius 1 is 1.20 bits per heavy atom. The Balaban J connectivity index is 1.92. The van der Waals surface area contributed by atoms with Crippen LogP contribution >= 0.6 is 0 Å². The van der Waals surface area contributed by atoms with Gasteiger partial charge in [0.1, 0.15) is 5.82 Å². The lowest BCUT2D eigenvalue weighted by Crippen LogP contribution is -2.30. The van der Waals surface area contributed by atoms with Crippen molar-refractivity contribution < 1.29 is 17.2 Å². The molecule has 1 aliphatic heterocycles. The highest BCUT2D eigenvalue weighted by Crippen LogP contribution is 2.35. The van der Waals surface area contributed by atoms with Gasteiger partial charge in [-0.3, -0.25) is 0 Å². The number of pyridine rings is 1. The number of halogens is 2. The van der Waals surface area contributed by atoms with Gasteiger partial charge in [0.2, 0.25) is 10.0 Å². The monoisotopic (exact) mass is 367 g/mol. The summed E-state index contributed by atoms with van der Waals surface area (Å²) in [4.78, 5) is 4.28. The molecule has 2 N–H and O–H groups in total. The summed E-state index contributed by atoms with van der Waals surface area (Å²) in [6.45, 7) is 3.50. The van der Waals surface area contributed by atoms with Crippen LogP contribution in [-0.4, -0.2) is 31.9 Å². The number of fused-ring (bicyclic) bond motifs is 1. The molecular formula is C17H19F2N3O2S. The largest absolute Gasteiger partial charge is 0.361 e. The second-order valence-corrected chi connectivity index (χ2v) is 7.99. The van der Waals surface area contributed by atoms with E-state index < -0.39 is 22.5 Å². The lowest BCUT2D eigenvalue weighted by Gasteiger charge is -2.11. The molecule has 134 valence electrons. The van der Waals surface area contributed by atoms with Crippen molar-refractivity contribution in [3.63, 3.8) is 0 Å². The van der Waals surface area contributed by atoms with Gasteiger partial charge >= 0.3 is 0 Å². The Morgan fingerprint density at radius 2 is 1.88 bits per heavy atom. The minimum absolute atomic E-state index is 0.166. The quantitative estimate of drug-likeness (QED) is 0.852. The molecule has 0 bridgehead atoms. The van der Waals surface area contributed by atoms with Crippen LogP contribution in [0.3, 0.4) is 0 Å². The molecule has 0 saturated carbocycles. The fourth-order valence-electron chi connectivity index (χ4n) is 2.88. The number of nitrogens with one attached hydrogen (secondary N) is 2. The van der Waals surface area contributed by atoms with Crippen LogP contribution in [0.1, 0.15) is 19.4 Å². The number of sulfonamides is 1.